The van der Waals surface area contributed by atoms with E-state index in [1.165, 1.54) is 0 Å². The molecule has 3 heterocycles. The number of aliphatic hydroxyl groups excluding tert-OH is 1. The van der Waals surface area contributed by atoms with Crippen molar-refractivity contribution in [2.75, 3.05) is 37.7 Å². The lowest BCUT2D eigenvalue weighted by atomic mass is 9.66. The molecule has 1 spiro atoms. The number of carbonyl (C=O) groups excluding carboxylic acids is 3. The van der Waals surface area contributed by atoms with Crippen LogP contribution in [0.5, 0.6) is 5.75 Å². The van der Waals surface area contributed by atoms with Gasteiger partial charge in [0.05, 0.1) is 29.8 Å². The van der Waals surface area contributed by atoms with Gasteiger partial charge in [-0.05, 0) is 64.8 Å². The molecule has 0 aromatic heterocycles. The Balaban J connectivity index is 1.75. The first kappa shape index (κ1) is 29.2. The average molecular weight is 556 g/mol. The number of nitrogens with zero attached hydrogens (tertiary/aromatic N) is 3. The first-order valence-electron chi connectivity index (χ1n) is 13.8. The second-order valence-electron chi connectivity index (χ2n) is 11.0. The molecule has 9 heteroatoms. The Labute approximate surface area is 236 Å². The third-order valence-electron chi connectivity index (χ3n) is 8.39. The summed E-state index contributed by atoms with van der Waals surface area (Å²) in [7, 11) is 0. The third kappa shape index (κ3) is 4.78. The Morgan fingerprint density at radius 2 is 1.85 bits per heavy atom. The van der Waals surface area contributed by atoms with Gasteiger partial charge in [-0.15, -0.1) is 24.9 Å². The zero-order chi connectivity index (χ0) is 28.5. The van der Waals surface area contributed by atoms with Crippen molar-refractivity contribution >= 4 is 35.2 Å². The van der Waals surface area contributed by atoms with Crippen LogP contribution in [0.25, 0.3) is 0 Å². The third-order valence-corrected chi connectivity index (χ3v) is 10.4. The fourth-order valence-electron chi connectivity index (χ4n) is 6.79. The van der Waals surface area contributed by atoms with Gasteiger partial charge in [0.2, 0.25) is 17.7 Å². The number of hydrogen-bond acceptors (Lipinski definition) is 6. The molecule has 3 amide bonds. The zero-order valence-electron chi connectivity index (χ0n) is 23.5. The first-order chi connectivity index (χ1) is 18.6. The zero-order valence-corrected chi connectivity index (χ0v) is 24.3. The highest BCUT2D eigenvalue weighted by molar-refractivity contribution is 8.02. The lowest BCUT2D eigenvalue weighted by molar-refractivity contribution is -0.144. The summed E-state index contributed by atoms with van der Waals surface area (Å²) >= 11 is 1.63. The lowest BCUT2D eigenvalue weighted by Gasteiger charge is -2.39. The minimum Gasteiger partial charge on any atom is -0.494 e. The van der Waals surface area contributed by atoms with E-state index >= 15 is 0 Å². The SMILES string of the molecule is C=CCN(C(=O)[C@H]1[C@H]2C(=O)N(CCO)C(C(=O)N(CC=C)C(C)C)C23CC[C@]1(C)S3)c1ccc(OCC)cc1. The highest BCUT2D eigenvalue weighted by Gasteiger charge is 2.77. The van der Waals surface area contributed by atoms with E-state index in [1.54, 1.807) is 38.6 Å². The van der Waals surface area contributed by atoms with Gasteiger partial charge in [-0.2, -0.15) is 0 Å². The van der Waals surface area contributed by atoms with Crippen LogP contribution in [-0.2, 0) is 14.4 Å². The fraction of sp³-hybridized carbons (Fsp3) is 0.567. The molecule has 8 nitrogen and oxygen atoms in total. The van der Waals surface area contributed by atoms with Gasteiger partial charge in [-0.1, -0.05) is 12.2 Å². The van der Waals surface area contributed by atoms with Crippen molar-refractivity contribution in [2.24, 2.45) is 11.8 Å². The van der Waals surface area contributed by atoms with Crippen LogP contribution in [0.3, 0.4) is 0 Å². The highest BCUT2D eigenvalue weighted by Crippen LogP contribution is 2.71. The summed E-state index contributed by atoms with van der Waals surface area (Å²) in [6.45, 7) is 16.6. The molecule has 3 fully saturated rings. The number of hydrogen-bond donors (Lipinski definition) is 1. The van der Waals surface area contributed by atoms with Crippen molar-refractivity contribution in [3.63, 3.8) is 0 Å². The summed E-state index contributed by atoms with van der Waals surface area (Å²) in [5.74, 6) is -1.05. The lowest BCUT2D eigenvalue weighted by Crippen LogP contribution is -2.56. The molecule has 39 heavy (non-hydrogen) atoms. The van der Waals surface area contributed by atoms with E-state index in [0.717, 1.165) is 12.2 Å². The Hall–Kier alpha value is -2.78. The number of benzene rings is 1. The molecule has 212 valence electrons. The van der Waals surface area contributed by atoms with Crippen LogP contribution in [0, 0.1) is 11.8 Å². The monoisotopic (exact) mass is 555 g/mol. The molecule has 0 radical (unpaired) electrons. The molecule has 0 saturated carbocycles. The Bertz CT molecular complexity index is 1120. The number of likely N-dealkylation sites (tertiary alicyclic amines) is 1. The van der Waals surface area contributed by atoms with Crippen molar-refractivity contribution in [3.8, 4) is 5.75 Å². The van der Waals surface area contributed by atoms with Crippen LogP contribution < -0.4 is 9.64 Å². The Kier molecular flexibility index (Phi) is 8.52. The Morgan fingerprint density at radius 3 is 2.41 bits per heavy atom. The molecular formula is C30H41N3O5S. The smallest absolute Gasteiger partial charge is 0.247 e. The molecule has 3 aliphatic heterocycles. The summed E-state index contributed by atoms with van der Waals surface area (Å²) in [5.41, 5.74) is 0.705. The van der Waals surface area contributed by atoms with Gasteiger partial charge in [0.1, 0.15) is 11.8 Å². The number of rotatable bonds is 12. The minimum atomic E-state index is -0.743. The highest BCUT2D eigenvalue weighted by atomic mass is 32.2. The van der Waals surface area contributed by atoms with Gasteiger partial charge in [0, 0.05) is 36.1 Å². The van der Waals surface area contributed by atoms with E-state index < -0.39 is 27.4 Å². The summed E-state index contributed by atoms with van der Waals surface area (Å²) < 4.78 is 4.35. The molecular weight excluding hydrogens is 514 g/mol. The molecule has 0 aliphatic carbocycles. The molecule has 1 N–H and O–H groups in total. The molecule has 2 unspecified atom stereocenters. The van der Waals surface area contributed by atoms with E-state index in [4.69, 9.17) is 4.74 Å². The van der Waals surface area contributed by atoms with Crippen molar-refractivity contribution in [3.05, 3.63) is 49.6 Å². The minimum absolute atomic E-state index is 0.0565. The molecule has 1 aromatic rings. The fourth-order valence-corrected chi connectivity index (χ4v) is 9.13. The number of thioether (sulfide) groups is 1. The van der Waals surface area contributed by atoms with Gasteiger partial charge >= 0.3 is 0 Å². The summed E-state index contributed by atoms with van der Waals surface area (Å²) in [4.78, 5) is 47.6. The van der Waals surface area contributed by atoms with Crippen LogP contribution in [-0.4, -0.2) is 87.1 Å². The summed E-state index contributed by atoms with van der Waals surface area (Å²) in [6.07, 6.45) is 4.76. The molecule has 5 atom stereocenters. The van der Waals surface area contributed by atoms with Crippen molar-refractivity contribution < 1.29 is 24.2 Å². The van der Waals surface area contributed by atoms with Crippen molar-refractivity contribution in [2.45, 2.75) is 62.1 Å². The largest absolute Gasteiger partial charge is 0.494 e. The van der Waals surface area contributed by atoms with Crippen LogP contribution in [0.4, 0.5) is 5.69 Å². The van der Waals surface area contributed by atoms with E-state index in [-0.39, 0.29) is 36.9 Å². The molecule has 2 bridgehead atoms. The van der Waals surface area contributed by atoms with Gasteiger partial charge < -0.3 is 24.5 Å². The van der Waals surface area contributed by atoms with Crippen LogP contribution in [0.15, 0.2) is 49.6 Å². The first-order valence-corrected chi connectivity index (χ1v) is 14.6. The summed E-state index contributed by atoms with van der Waals surface area (Å²) in [5, 5.41) is 9.88. The number of ether oxygens (including phenoxy) is 1. The van der Waals surface area contributed by atoms with E-state index in [2.05, 4.69) is 20.1 Å². The maximum absolute atomic E-state index is 14.4. The standard InChI is InChI=1S/C30H41N3O5S/c1-7-16-31(20(4)5)28(37)25-30-15-14-29(6,39-30)23(24(30)27(36)33(25)18-19-34)26(35)32(17-8-2)21-10-12-22(13-11-21)38-9-3/h7-8,10-13,20,23-25,34H,1-2,9,14-19H2,3-6H3/t23-,24+,25?,29+,30?/m1/s1. The second-order valence-corrected chi connectivity index (χ2v) is 12.9. The quantitative estimate of drug-likeness (QED) is 0.397. The van der Waals surface area contributed by atoms with Gasteiger partial charge in [-0.3, -0.25) is 14.4 Å². The molecule has 1 aromatic carbocycles. The number of amides is 3. The summed E-state index contributed by atoms with van der Waals surface area (Å²) in [6, 6.07) is 6.53. The number of fused-ring (bicyclic) bond motifs is 1. The van der Waals surface area contributed by atoms with Crippen molar-refractivity contribution in [1.29, 1.82) is 0 Å². The predicted octanol–water partition coefficient (Wildman–Crippen LogP) is 3.50. The molecule has 3 aliphatic rings. The van der Waals surface area contributed by atoms with Gasteiger partial charge in [-0.25, -0.2) is 0 Å². The number of aliphatic hydroxyl groups is 1. The number of carbonyl (C=O) groups is 3. The van der Waals surface area contributed by atoms with E-state index in [1.807, 2.05) is 45.0 Å². The molecule has 3 saturated heterocycles. The predicted molar refractivity (Wildman–Crippen MR) is 155 cm³/mol. The normalized spacial score (nSPS) is 28.9. The van der Waals surface area contributed by atoms with Gasteiger partial charge in [0.25, 0.3) is 0 Å². The van der Waals surface area contributed by atoms with Crippen LogP contribution >= 0.6 is 11.8 Å². The van der Waals surface area contributed by atoms with Gasteiger partial charge in [0.15, 0.2) is 0 Å². The topological polar surface area (TPSA) is 90.4 Å². The number of anilines is 1. The van der Waals surface area contributed by atoms with Crippen LogP contribution in [0.2, 0.25) is 0 Å². The van der Waals surface area contributed by atoms with Crippen LogP contribution in [0.1, 0.15) is 40.5 Å². The Morgan fingerprint density at radius 1 is 1.18 bits per heavy atom. The number of β-amino-alcohol motifs (C(OH)–C–C–N with tert-alkyl or cyclic N) is 1. The maximum Gasteiger partial charge on any atom is 0.247 e. The average Bonchev–Trinajstić information content (AvgIpc) is 3.47. The second kappa shape index (κ2) is 11.4. The van der Waals surface area contributed by atoms with E-state index in [9.17, 15) is 19.5 Å². The van der Waals surface area contributed by atoms with Crippen molar-refractivity contribution in [1.82, 2.24) is 9.80 Å². The maximum atomic E-state index is 14.4. The van der Waals surface area contributed by atoms with E-state index in [0.29, 0.717) is 31.8 Å². The molecule has 4 rings (SSSR count).